The SMILES string of the molecule is CN(C)c1ccccc1N=Cc1ccc(Cl)cc1. The number of nitrogens with zero attached hydrogens (tertiary/aromatic N) is 2. The molecule has 0 N–H and O–H groups in total. The Morgan fingerprint density at radius 3 is 2.33 bits per heavy atom. The van der Waals surface area contributed by atoms with Gasteiger partial charge in [-0.1, -0.05) is 35.9 Å². The van der Waals surface area contributed by atoms with E-state index in [0.29, 0.717) is 0 Å². The molecule has 0 amide bonds. The summed E-state index contributed by atoms with van der Waals surface area (Å²) in [6.45, 7) is 0. The number of halogens is 1. The van der Waals surface area contributed by atoms with Crippen LogP contribution in [-0.4, -0.2) is 20.3 Å². The van der Waals surface area contributed by atoms with Crippen LogP contribution in [0, 0.1) is 0 Å². The Morgan fingerprint density at radius 2 is 1.67 bits per heavy atom. The summed E-state index contributed by atoms with van der Waals surface area (Å²) in [5.74, 6) is 0. The topological polar surface area (TPSA) is 15.6 Å². The number of rotatable bonds is 3. The molecule has 0 aliphatic heterocycles. The summed E-state index contributed by atoms with van der Waals surface area (Å²) in [6.07, 6.45) is 1.85. The molecular weight excluding hydrogens is 244 g/mol. The van der Waals surface area contributed by atoms with Crippen LogP contribution in [0.25, 0.3) is 0 Å². The maximum atomic E-state index is 5.84. The Hall–Kier alpha value is -1.80. The summed E-state index contributed by atoms with van der Waals surface area (Å²) in [5, 5.41) is 0.737. The van der Waals surface area contributed by atoms with E-state index in [1.165, 1.54) is 0 Å². The fourth-order valence-electron chi connectivity index (χ4n) is 1.64. The zero-order valence-electron chi connectivity index (χ0n) is 10.5. The molecule has 3 heteroatoms. The number of aliphatic imine (C=N–C) groups is 1. The van der Waals surface area contributed by atoms with Gasteiger partial charge in [-0.05, 0) is 29.8 Å². The number of anilines is 1. The number of para-hydroxylation sites is 2. The van der Waals surface area contributed by atoms with Gasteiger partial charge < -0.3 is 4.90 Å². The summed E-state index contributed by atoms with van der Waals surface area (Å²) in [6, 6.07) is 15.7. The molecule has 0 heterocycles. The van der Waals surface area contributed by atoms with Crippen LogP contribution < -0.4 is 4.90 Å². The molecule has 0 radical (unpaired) electrons. The van der Waals surface area contributed by atoms with Crippen LogP contribution in [0.4, 0.5) is 11.4 Å². The van der Waals surface area contributed by atoms with Crippen molar-refractivity contribution in [3.05, 3.63) is 59.1 Å². The summed E-state index contributed by atoms with van der Waals surface area (Å²) in [4.78, 5) is 6.57. The second-order valence-electron chi connectivity index (χ2n) is 4.19. The van der Waals surface area contributed by atoms with E-state index >= 15 is 0 Å². The first kappa shape index (κ1) is 12.7. The van der Waals surface area contributed by atoms with Gasteiger partial charge in [-0.3, -0.25) is 4.99 Å². The highest BCUT2D eigenvalue weighted by molar-refractivity contribution is 6.30. The first-order chi connectivity index (χ1) is 8.66. The number of benzene rings is 2. The highest BCUT2D eigenvalue weighted by atomic mass is 35.5. The Labute approximate surface area is 113 Å². The minimum absolute atomic E-state index is 0.737. The van der Waals surface area contributed by atoms with Crippen molar-refractivity contribution in [2.75, 3.05) is 19.0 Å². The molecule has 0 aliphatic rings. The minimum atomic E-state index is 0.737. The van der Waals surface area contributed by atoms with E-state index in [-0.39, 0.29) is 0 Å². The fraction of sp³-hybridized carbons (Fsp3) is 0.133. The molecule has 92 valence electrons. The highest BCUT2D eigenvalue weighted by Gasteiger charge is 2.00. The zero-order valence-corrected chi connectivity index (χ0v) is 11.2. The van der Waals surface area contributed by atoms with Gasteiger partial charge >= 0.3 is 0 Å². The summed E-state index contributed by atoms with van der Waals surface area (Å²) in [7, 11) is 4.02. The van der Waals surface area contributed by atoms with E-state index in [1.54, 1.807) is 0 Å². The Balaban J connectivity index is 2.26. The molecule has 18 heavy (non-hydrogen) atoms. The molecule has 0 aliphatic carbocycles. The lowest BCUT2D eigenvalue weighted by atomic mass is 10.2. The predicted molar refractivity (Wildman–Crippen MR) is 79.5 cm³/mol. The fourth-order valence-corrected chi connectivity index (χ4v) is 1.77. The van der Waals surface area contributed by atoms with Gasteiger partial charge in [0.1, 0.15) is 0 Å². The summed E-state index contributed by atoms with van der Waals surface area (Å²) >= 11 is 5.84. The lowest BCUT2D eigenvalue weighted by molar-refractivity contribution is 1.13. The molecule has 0 atom stereocenters. The van der Waals surface area contributed by atoms with Crippen LogP contribution in [-0.2, 0) is 0 Å². The Kier molecular flexibility index (Phi) is 4.00. The highest BCUT2D eigenvalue weighted by Crippen LogP contribution is 2.26. The lowest BCUT2D eigenvalue weighted by Gasteiger charge is -2.14. The van der Waals surface area contributed by atoms with Crippen molar-refractivity contribution in [1.82, 2.24) is 0 Å². The van der Waals surface area contributed by atoms with Gasteiger partial charge in [0, 0.05) is 25.3 Å². The standard InChI is InChI=1S/C15H15ClN2/c1-18(2)15-6-4-3-5-14(15)17-11-12-7-9-13(16)10-8-12/h3-11H,1-2H3. The second kappa shape index (κ2) is 5.69. The average molecular weight is 259 g/mol. The maximum absolute atomic E-state index is 5.84. The smallest absolute Gasteiger partial charge is 0.0863 e. The van der Waals surface area contributed by atoms with E-state index in [0.717, 1.165) is 22.0 Å². The van der Waals surface area contributed by atoms with Crippen LogP contribution in [0.15, 0.2) is 53.5 Å². The van der Waals surface area contributed by atoms with Crippen molar-refractivity contribution in [2.24, 2.45) is 4.99 Å². The van der Waals surface area contributed by atoms with Gasteiger partial charge in [-0.2, -0.15) is 0 Å². The molecule has 0 saturated carbocycles. The maximum Gasteiger partial charge on any atom is 0.0863 e. The molecule has 0 unspecified atom stereocenters. The van der Waals surface area contributed by atoms with Gasteiger partial charge in [-0.25, -0.2) is 0 Å². The van der Waals surface area contributed by atoms with Crippen molar-refractivity contribution >= 4 is 29.2 Å². The van der Waals surface area contributed by atoms with Gasteiger partial charge in [0.15, 0.2) is 0 Å². The monoisotopic (exact) mass is 258 g/mol. The van der Waals surface area contributed by atoms with Gasteiger partial charge in [-0.15, -0.1) is 0 Å². The van der Waals surface area contributed by atoms with Crippen molar-refractivity contribution in [1.29, 1.82) is 0 Å². The number of hydrogen-bond acceptors (Lipinski definition) is 2. The van der Waals surface area contributed by atoms with E-state index in [1.807, 2.05) is 62.8 Å². The molecule has 0 fully saturated rings. The molecule has 2 aromatic carbocycles. The third kappa shape index (κ3) is 3.11. The van der Waals surface area contributed by atoms with Crippen molar-refractivity contribution in [3.8, 4) is 0 Å². The van der Waals surface area contributed by atoms with Crippen LogP contribution in [0.3, 0.4) is 0 Å². The molecular formula is C15H15ClN2. The third-order valence-electron chi connectivity index (χ3n) is 2.59. The normalized spacial score (nSPS) is 10.8. The molecule has 0 saturated heterocycles. The lowest BCUT2D eigenvalue weighted by Crippen LogP contribution is -2.08. The van der Waals surface area contributed by atoms with Crippen molar-refractivity contribution in [2.45, 2.75) is 0 Å². The zero-order chi connectivity index (χ0) is 13.0. The molecule has 2 nitrogen and oxygen atoms in total. The molecule has 2 rings (SSSR count). The molecule has 0 spiro atoms. The summed E-state index contributed by atoms with van der Waals surface area (Å²) in [5.41, 5.74) is 3.09. The molecule has 2 aromatic rings. The second-order valence-corrected chi connectivity index (χ2v) is 4.63. The predicted octanol–water partition coefficient (Wildman–Crippen LogP) is 4.16. The Bertz CT molecular complexity index is 545. The molecule has 0 aromatic heterocycles. The van der Waals surface area contributed by atoms with Gasteiger partial charge in [0.25, 0.3) is 0 Å². The third-order valence-corrected chi connectivity index (χ3v) is 2.84. The van der Waals surface area contributed by atoms with Crippen molar-refractivity contribution < 1.29 is 0 Å². The average Bonchev–Trinajstić information content (AvgIpc) is 2.38. The summed E-state index contributed by atoms with van der Waals surface area (Å²) < 4.78 is 0. The minimum Gasteiger partial charge on any atom is -0.376 e. The largest absolute Gasteiger partial charge is 0.376 e. The van der Waals surface area contributed by atoms with E-state index in [2.05, 4.69) is 16.0 Å². The van der Waals surface area contributed by atoms with Crippen LogP contribution in [0.1, 0.15) is 5.56 Å². The van der Waals surface area contributed by atoms with E-state index in [9.17, 15) is 0 Å². The first-order valence-electron chi connectivity index (χ1n) is 5.73. The van der Waals surface area contributed by atoms with Crippen LogP contribution in [0.2, 0.25) is 5.02 Å². The Morgan fingerprint density at radius 1 is 1.00 bits per heavy atom. The van der Waals surface area contributed by atoms with Crippen LogP contribution in [0.5, 0.6) is 0 Å². The molecule has 0 bridgehead atoms. The quantitative estimate of drug-likeness (QED) is 0.755. The van der Waals surface area contributed by atoms with Crippen LogP contribution >= 0.6 is 11.6 Å². The van der Waals surface area contributed by atoms with E-state index < -0.39 is 0 Å². The number of hydrogen-bond donors (Lipinski definition) is 0. The van der Waals surface area contributed by atoms with Gasteiger partial charge in [0.05, 0.1) is 11.4 Å². The van der Waals surface area contributed by atoms with Crippen molar-refractivity contribution in [3.63, 3.8) is 0 Å². The first-order valence-corrected chi connectivity index (χ1v) is 6.10. The van der Waals surface area contributed by atoms with Gasteiger partial charge in [0.2, 0.25) is 0 Å². The van der Waals surface area contributed by atoms with E-state index in [4.69, 9.17) is 11.6 Å².